The Kier molecular flexibility index (Phi) is 4.43. The number of carboxylic acid groups (broad SMARTS) is 1. The van der Waals surface area contributed by atoms with Gasteiger partial charge in [-0.1, -0.05) is 20.8 Å². The summed E-state index contributed by atoms with van der Waals surface area (Å²) >= 11 is 0. The fourth-order valence-electron chi connectivity index (χ4n) is 3.28. The molecule has 2 unspecified atom stereocenters. The van der Waals surface area contributed by atoms with Crippen LogP contribution in [-0.2, 0) is 11.3 Å². The number of aromatic carboxylic acids is 1. The van der Waals surface area contributed by atoms with Gasteiger partial charge in [0.1, 0.15) is 5.69 Å². The molecule has 0 bridgehead atoms. The summed E-state index contributed by atoms with van der Waals surface area (Å²) in [4.78, 5) is 14.7. The maximum atomic E-state index is 10.9. The molecule has 20 heavy (non-hydrogen) atoms. The lowest BCUT2D eigenvalue weighted by Gasteiger charge is -2.38. The monoisotopic (exact) mass is 277 g/mol. The van der Waals surface area contributed by atoms with Crippen LogP contribution in [-0.4, -0.2) is 22.2 Å². The highest BCUT2D eigenvalue weighted by Crippen LogP contribution is 2.39. The molecular formula is C16H23NO3. The molecule has 0 radical (unpaired) electrons. The Balaban J connectivity index is 1.95. The van der Waals surface area contributed by atoms with Gasteiger partial charge in [0.25, 0.3) is 0 Å². The second kappa shape index (κ2) is 5.92. The lowest BCUT2D eigenvalue weighted by molar-refractivity contribution is -0.0316. The summed E-state index contributed by atoms with van der Waals surface area (Å²) in [7, 11) is 0. The summed E-state index contributed by atoms with van der Waals surface area (Å²) in [5, 5.41) is 8.93. The van der Waals surface area contributed by atoms with Gasteiger partial charge in [-0.2, -0.15) is 0 Å². The molecule has 0 saturated heterocycles. The number of hydrogen-bond acceptors (Lipinski definition) is 3. The molecule has 0 amide bonds. The molecule has 0 aromatic carbocycles. The molecular weight excluding hydrogens is 254 g/mol. The molecule has 1 aromatic heterocycles. The molecule has 2 rings (SSSR count). The number of hydrogen-bond donors (Lipinski definition) is 1. The Hall–Kier alpha value is -1.42. The van der Waals surface area contributed by atoms with E-state index in [1.807, 2.05) is 6.07 Å². The summed E-state index contributed by atoms with van der Waals surface area (Å²) in [6.45, 7) is 7.30. The minimum Gasteiger partial charge on any atom is -0.477 e. The molecule has 1 fully saturated rings. The maximum absolute atomic E-state index is 10.9. The summed E-state index contributed by atoms with van der Waals surface area (Å²) in [5.41, 5.74) is 1.27. The zero-order valence-electron chi connectivity index (χ0n) is 12.4. The summed E-state index contributed by atoms with van der Waals surface area (Å²) in [5.74, 6) is -0.324. The lowest BCUT2D eigenvalue weighted by Crippen LogP contribution is -2.32. The predicted octanol–water partition coefficient (Wildman–Crippen LogP) is 3.51. The number of carbonyl (C=O) groups is 1. The topological polar surface area (TPSA) is 59.4 Å². The van der Waals surface area contributed by atoms with E-state index in [2.05, 4.69) is 25.8 Å². The van der Waals surface area contributed by atoms with Gasteiger partial charge in [0, 0.05) is 6.20 Å². The second-order valence-electron chi connectivity index (χ2n) is 6.70. The van der Waals surface area contributed by atoms with Crippen molar-refractivity contribution >= 4 is 5.97 Å². The van der Waals surface area contributed by atoms with Crippen molar-refractivity contribution < 1.29 is 14.6 Å². The van der Waals surface area contributed by atoms with E-state index < -0.39 is 5.97 Å². The average Bonchev–Trinajstić information content (AvgIpc) is 2.34. The van der Waals surface area contributed by atoms with Gasteiger partial charge < -0.3 is 9.84 Å². The first-order valence-electron chi connectivity index (χ1n) is 7.15. The highest BCUT2D eigenvalue weighted by Gasteiger charge is 2.32. The Morgan fingerprint density at radius 2 is 2.25 bits per heavy atom. The highest BCUT2D eigenvalue weighted by molar-refractivity contribution is 5.85. The second-order valence-corrected chi connectivity index (χ2v) is 6.70. The third-order valence-electron chi connectivity index (χ3n) is 3.88. The molecule has 1 N–H and O–H groups in total. The number of ether oxygens (including phenoxy) is 1. The van der Waals surface area contributed by atoms with Gasteiger partial charge in [0.2, 0.25) is 0 Å². The van der Waals surface area contributed by atoms with E-state index in [1.54, 1.807) is 6.07 Å². The molecule has 4 heteroatoms. The zero-order valence-corrected chi connectivity index (χ0v) is 12.4. The Morgan fingerprint density at radius 1 is 1.50 bits per heavy atom. The number of pyridine rings is 1. The normalized spacial score (nSPS) is 25.4. The minimum atomic E-state index is -1.00. The van der Waals surface area contributed by atoms with E-state index in [-0.39, 0.29) is 11.8 Å². The van der Waals surface area contributed by atoms with Crippen molar-refractivity contribution in [1.82, 2.24) is 4.98 Å². The predicted molar refractivity (Wildman–Crippen MR) is 76.6 cm³/mol. The van der Waals surface area contributed by atoms with Gasteiger partial charge in [-0.05, 0) is 48.3 Å². The van der Waals surface area contributed by atoms with Gasteiger partial charge in [-0.25, -0.2) is 9.78 Å². The van der Waals surface area contributed by atoms with Crippen LogP contribution in [0.25, 0.3) is 0 Å². The van der Waals surface area contributed by atoms with E-state index in [1.165, 1.54) is 12.6 Å². The number of carboxylic acids is 1. The molecule has 1 aromatic rings. The zero-order chi connectivity index (χ0) is 14.8. The summed E-state index contributed by atoms with van der Waals surface area (Å²) in [6.07, 6.45) is 5.17. The maximum Gasteiger partial charge on any atom is 0.354 e. The smallest absolute Gasteiger partial charge is 0.354 e. The van der Waals surface area contributed by atoms with Gasteiger partial charge >= 0.3 is 5.97 Å². The van der Waals surface area contributed by atoms with Gasteiger partial charge in [-0.15, -0.1) is 0 Å². The summed E-state index contributed by atoms with van der Waals surface area (Å²) in [6, 6.07) is 3.39. The van der Waals surface area contributed by atoms with E-state index in [4.69, 9.17) is 9.84 Å². The first-order valence-corrected chi connectivity index (χ1v) is 7.15. The van der Waals surface area contributed by atoms with Crippen molar-refractivity contribution in [2.24, 2.45) is 11.3 Å². The van der Waals surface area contributed by atoms with Crippen LogP contribution in [0, 0.1) is 11.3 Å². The molecule has 1 aliphatic carbocycles. The standard InChI is InChI=1S/C16H23NO3/c1-11-6-13(9-16(2,3)8-11)20-10-12-4-5-17-14(7-12)15(18)19/h4-5,7,11,13H,6,8-10H2,1-3H3,(H,18,19). The molecule has 0 aliphatic heterocycles. The van der Waals surface area contributed by atoms with Crippen LogP contribution in [0.5, 0.6) is 0 Å². The minimum absolute atomic E-state index is 0.0726. The van der Waals surface area contributed by atoms with Gasteiger partial charge in [0.15, 0.2) is 0 Å². The van der Waals surface area contributed by atoms with Crippen molar-refractivity contribution in [2.45, 2.75) is 52.7 Å². The number of rotatable bonds is 4. The average molecular weight is 277 g/mol. The third kappa shape index (κ3) is 4.04. The Labute approximate surface area is 120 Å². The van der Waals surface area contributed by atoms with Crippen LogP contribution < -0.4 is 0 Å². The Bertz CT molecular complexity index is 484. The Morgan fingerprint density at radius 3 is 2.90 bits per heavy atom. The van der Waals surface area contributed by atoms with Crippen LogP contribution in [0.3, 0.4) is 0 Å². The van der Waals surface area contributed by atoms with Crippen molar-refractivity contribution in [2.75, 3.05) is 0 Å². The molecule has 4 nitrogen and oxygen atoms in total. The van der Waals surface area contributed by atoms with E-state index >= 15 is 0 Å². The highest BCUT2D eigenvalue weighted by atomic mass is 16.5. The van der Waals surface area contributed by atoms with Crippen molar-refractivity contribution in [1.29, 1.82) is 0 Å². The van der Waals surface area contributed by atoms with Crippen LogP contribution in [0.2, 0.25) is 0 Å². The van der Waals surface area contributed by atoms with Gasteiger partial charge in [0.05, 0.1) is 12.7 Å². The lowest BCUT2D eigenvalue weighted by atomic mass is 9.71. The van der Waals surface area contributed by atoms with Crippen LogP contribution >= 0.6 is 0 Å². The fraction of sp³-hybridized carbons (Fsp3) is 0.625. The van der Waals surface area contributed by atoms with E-state index in [0.29, 0.717) is 17.9 Å². The number of aromatic nitrogens is 1. The van der Waals surface area contributed by atoms with Crippen LogP contribution in [0.1, 0.15) is 56.1 Å². The number of nitrogens with zero attached hydrogens (tertiary/aromatic N) is 1. The van der Waals surface area contributed by atoms with Crippen LogP contribution in [0.15, 0.2) is 18.3 Å². The quantitative estimate of drug-likeness (QED) is 0.915. The van der Waals surface area contributed by atoms with Gasteiger partial charge in [-0.3, -0.25) is 0 Å². The van der Waals surface area contributed by atoms with Crippen LogP contribution in [0.4, 0.5) is 0 Å². The molecule has 1 heterocycles. The van der Waals surface area contributed by atoms with E-state index in [9.17, 15) is 4.79 Å². The first-order chi connectivity index (χ1) is 9.35. The first kappa shape index (κ1) is 15.0. The SMILES string of the molecule is CC1CC(OCc2ccnc(C(=O)O)c2)CC(C)(C)C1. The molecule has 1 aliphatic rings. The molecule has 2 atom stereocenters. The molecule has 110 valence electrons. The van der Waals surface area contributed by atoms with Crippen molar-refractivity contribution in [3.63, 3.8) is 0 Å². The molecule has 1 saturated carbocycles. The fourth-order valence-corrected chi connectivity index (χ4v) is 3.28. The van der Waals surface area contributed by atoms with Crippen molar-refractivity contribution in [3.05, 3.63) is 29.6 Å². The van der Waals surface area contributed by atoms with Crippen molar-refractivity contribution in [3.8, 4) is 0 Å². The van der Waals surface area contributed by atoms with E-state index in [0.717, 1.165) is 18.4 Å². The molecule has 0 spiro atoms. The third-order valence-corrected chi connectivity index (χ3v) is 3.88. The largest absolute Gasteiger partial charge is 0.477 e. The summed E-state index contributed by atoms with van der Waals surface area (Å²) < 4.78 is 5.99.